The van der Waals surface area contributed by atoms with Gasteiger partial charge in [0, 0.05) is 10.9 Å². The van der Waals surface area contributed by atoms with Crippen LogP contribution in [0, 0.1) is 0 Å². The Kier molecular flexibility index (Phi) is 4.84. The number of esters is 1. The van der Waals surface area contributed by atoms with Crippen LogP contribution in [0.1, 0.15) is 17.3 Å². The van der Waals surface area contributed by atoms with Gasteiger partial charge in [-0.2, -0.15) is 0 Å². The average molecular weight is 351 g/mol. The molecule has 0 spiro atoms. The molecule has 0 bridgehead atoms. The number of nitrogens with one attached hydrogen (secondary N) is 1. The molecule has 0 radical (unpaired) electrons. The molecule has 6 heteroatoms. The van der Waals surface area contributed by atoms with Crippen LogP contribution in [0.5, 0.6) is 0 Å². The largest absolute Gasteiger partial charge is 0.467 e. The molecule has 1 heterocycles. The lowest BCUT2D eigenvalue weighted by Crippen LogP contribution is -2.39. The number of rotatable bonds is 4. The van der Waals surface area contributed by atoms with Crippen LogP contribution in [0.3, 0.4) is 0 Å². The van der Waals surface area contributed by atoms with Gasteiger partial charge in [0.15, 0.2) is 0 Å². The molecule has 26 heavy (non-hydrogen) atoms. The number of hydrogen-bond acceptors (Lipinski definition) is 5. The molecule has 0 aliphatic rings. The quantitative estimate of drug-likeness (QED) is 0.577. The van der Waals surface area contributed by atoms with E-state index in [0.29, 0.717) is 22.3 Å². The fraction of sp³-hybridized carbons (Fsp3) is 0.150. The molecule has 3 aromatic rings. The van der Waals surface area contributed by atoms with E-state index >= 15 is 0 Å². The first-order chi connectivity index (χ1) is 12.5. The van der Waals surface area contributed by atoms with E-state index in [-0.39, 0.29) is 0 Å². The van der Waals surface area contributed by atoms with E-state index in [0.717, 1.165) is 5.39 Å². The van der Waals surface area contributed by atoms with E-state index in [1.807, 2.05) is 12.1 Å². The third kappa shape index (κ3) is 3.49. The molecule has 0 aliphatic heterocycles. The number of ether oxygens (including phenoxy) is 1. The monoisotopic (exact) mass is 351 g/mol. The molecule has 0 saturated heterocycles. The van der Waals surface area contributed by atoms with Crippen LogP contribution in [-0.2, 0) is 9.53 Å². The first-order valence-corrected chi connectivity index (χ1v) is 8.01. The maximum absolute atomic E-state index is 12.2. The van der Waals surface area contributed by atoms with Crippen LogP contribution in [0.4, 0.5) is 0 Å². The van der Waals surface area contributed by atoms with Crippen molar-refractivity contribution in [3.63, 3.8) is 0 Å². The number of fused-ring (bicyclic) bond motifs is 1. The molecule has 2 aromatic carbocycles. The maximum Gasteiger partial charge on any atom is 0.344 e. The molecule has 1 atom stereocenters. The summed E-state index contributed by atoms with van der Waals surface area (Å²) in [6.45, 7) is 1.54. The Labute approximate surface area is 149 Å². The van der Waals surface area contributed by atoms with Crippen molar-refractivity contribution >= 4 is 22.8 Å². The zero-order valence-corrected chi connectivity index (χ0v) is 14.3. The highest BCUT2D eigenvalue weighted by Crippen LogP contribution is 2.21. The average Bonchev–Trinajstić information content (AvgIpc) is 2.66. The number of benzene rings is 2. The van der Waals surface area contributed by atoms with Crippen molar-refractivity contribution in [1.82, 2.24) is 5.32 Å². The minimum Gasteiger partial charge on any atom is -0.467 e. The predicted molar refractivity (Wildman–Crippen MR) is 96.9 cm³/mol. The molecule has 0 unspecified atom stereocenters. The lowest BCUT2D eigenvalue weighted by atomic mass is 10.0. The van der Waals surface area contributed by atoms with Crippen molar-refractivity contribution in [1.29, 1.82) is 0 Å². The molecular formula is C20H17NO5. The van der Waals surface area contributed by atoms with Crippen LogP contribution >= 0.6 is 0 Å². The molecule has 132 valence electrons. The second-order valence-corrected chi connectivity index (χ2v) is 5.78. The van der Waals surface area contributed by atoms with Gasteiger partial charge in [-0.05, 0) is 36.8 Å². The van der Waals surface area contributed by atoms with E-state index < -0.39 is 23.5 Å². The van der Waals surface area contributed by atoms with Gasteiger partial charge in [-0.15, -0.1) is 0 Å². The highest BCUT2D eigenvalue weighted by molar-refractivity contribution is 5.97. The smallest absolute Gasteiger partial charge is 0.344 e. The molecule has 1 amide bonds. The Morgan fingerprint density at radius 3 is 2.46 bits per heavy atom. The summed E-state index contributed by atoms with van der Waals surface area (Å²) in [5.41, 5.74) is 1.50. The summed E-state index contributed by atoms with van der Waals surface area (Å²) in [7, 11) is 1.26. The molecule has 3 rings (SSSR count). The summed E-state index contributed by atoms with van der Waals surface area (Å²) in [5.74, 6) is -0.927. The van der Waals surface area contributed by atoms with Crippen molar-refractivity contribution in [3.05, 3.63) is 70.6 Å². The maximum atomic E-state index is 12.2. The molecule has 1 aromatic heterocycles. The highest BCUT2D eigenvalue weighted by atomic mass is 16.5. The van der Waals surface area contributed by atoms with Crippen molar-refractivity contribution in [2.24, 2.45) is 0 Å². The summed E-state index contributed by atoms with van der Waals surface area (Å²) in [6.07, 6.45) is 0. The van der Waals surface area contributed by atoms with Gasteiger partial charge in [0.2, 0.25) is 0 Å². The van der Waals surface area contributed by atoms with Gasteiger partial charge in [0.05, 0.1) is 12.7 Å². The molecule has 1 N–H and O–H groups in total. The van der Waals surface area contributed by atoms with E-state index in [1.165, 1.54) is 7.11 Å². The minimum atomic E-state index is -0.750. The van der Waals surface area contributed by atoms with Crippen molar-refractivity contribution in [2.45, 2.75) is 13.0 Å². The van der Waals surface area contributed by atoms with E-state index in [4.69, 9.17) is 4.42 Å². The van der Waals surface area contributed by atoms with Gasteiger partial charge in [-0.1, -0.05) is 30.3 Å². The SMILES string of the molecule is COC(=O)[C@@H](C)NC(=O)c1ccc(-c2cc3ccccc3oc2=O)cc1. The summed E-state index contributed by atoms with van der Waals surface area (Å²) < 4.78 is 9.91. The number of para-hydroxylation sites is 1. The molecule has 0 fully saturated rings. The van der Waals surface area contributed by atoms with Crippen molar-refractivity contribution < 1.29 is 18.7 Å². The lowest BCUT2D eigenvalue weighted by Gasteiger charge is -2.11. The number of carbonyl (C=O) groups is 2. The summed E-state index contributed by atoms with van der Waals surface area (Å²) in [5, 5.41) is 3.36. The van der Waals surface area contributed by atoms with Crippen LogP contribution in [0.2, 0.25) is 0 Å². The Morgan fingerprint density at radius 2 is 1.77 bits per heavy atom. The first kappa shape index (κ1) is 17.4. The predicted octanol–water partition coefficient (Wildman–Crippen LogP) is 2.75. The fourth-order valence-corrected chi connectivity index (χ4v) is 2.58. The fourth-order valence-electron chi connectivity index (χ4n) is 2.58. The minimum absolute atomic E-state index is 0.370. The second kappa shape index (κ2) is 7.23. The van der Waals surface area contributed by atoms with E-state index in [1.54, 1.807) is 49.4 Å². The van der Waals surface area contributed by atoms with Gasteiger partial charge in [-0.25, -0.2) is 9.59 Å². The molecule has 0 aliphatic carbocycles. The lowest BCUT2D eigenvalue weighted by molar-refractivity contribution is -0.142. The molecule has 6 nitrogen and oxygen atoms in total. The summed E-state index contributed by atoms with van der Waals surface area (Å²) in [4.78, 5) is 35.8. The summed E-state index contributed by atoms with van der Waals surface area (Å²) >= 11 is 0. The Bertz CT molecular complexity index is 1020. The van der Waals surface area contributed by atoms with Crippen LogP contribution in [-0.4, -0.2) is 25.0 Å². The Hall–Kier alpha value is -3.41. The zero-order chi connectivity index (χ0) is 18.7. The topological polar surface area (TPSA) is 85.6 Å². The Morgan fingerprint density at radius 1 is 1.08 bits per heavy atom. The Balaban J connectivity index is 1.86. The second-order valence-electron chi connectivity index (χ2n) is 5.78. The van der Waals surface area contributed by atoms with Crippen LogP contribution in [0.25, 0.3) is 22.1 Å². The van der Waals surface area contributed by atoms with Gasteiger partial charge in [0.25, 0.3) is 5.91 Å². The van der Waals surface area contributed by atoms with Crippen molar-refractivity contribution in [2.75, 3.05) is 7.11 Å². The first-order valence-electron chi connectivity index (χ1n) is 8.01. The number of carbonyl (C=O) groups excluding carboxylic acids is 2. The van der Waals surface area contributed by atoms with E-state index in [2.05, 4.69) is 10.1 Å². The zero-order valence-electron chi connectivity index (χ0n) is 14.3. The molecule has 0 saturated carbocycles. The standard InChI is InChI=1S/C20H17NO5/c1-12(19(23)25-2)21-18(22)14-9-7-13(8-10-14)16-11-15-5-3-4-6-17(15)26-20(16)24/h3-12H,1-2H3,(H,21,22)/t12-/m1/s1. The third-order valence-electron chi connectivity index (χ3n) is 4.00. The summed E-state index contributed by atoms with van der Waals surface area (Å²) in [6, 6.07) is 14.8. The van der Waals surface area contributed by atoms with Gasteiger partial charge in [-0.3, -0.25) is 4.79 Å². The normalized spacial score (nSPS) is 11.8. The van der Waals surface area contributed by atoms with Gasteiger partial charge in [0.1, 0.15) is 11.6 Å². The molecular weight excluding hydrogens is 334 g/mol. The van der Waals surface area contributed by atoms with Crippen molar-refractivity contribution in [3.8, 4) is 11.1 Å². The number of hydrogen-bond donors (Lipinski definition) is 1. The van der Waals surface area contributed by atoms with Crippen LogP contribution < -0.4 is 10.9 Å². The number of amides is 1. The van der Waals surface area contributed by atoms with Crippen LogP contribution in [0.15, 0.2) is 63.8 Å². The highest BCUT2D eigenvalue weighted by Gasteiger charge is 2.17. The van der Waals surface area contributed by atoms with Gasteiger partial charge < -0.3 is 14.5 Å². The third-order valence-corrected chi connectivity index (χ3v) is 4.00. The van der Waals surface area contributed by atoms with E-state index in [9.17, 15) is 14.4 Å². The number of methoxy groups -OCH3 is 1. The van der Waals surface area contributed by atoms with Gasteiger partial charge >= 0.3 is 11.6 Å².